The van der Waals surface area contributed by atoms with Crippen LogP contribution < -0.4 is 0 Å². The van der Waals surface area contributed by atoms with E-state index in [9.17, 15) is 18.0 Å². The van der Waals surface area contributed by atoms with Gasteiger partial charge >= 0.3 is 6.16 Å². The van der Waals surface area contributed by atoms with Crippen LogP contribution in [0.15, 0.2) is 11.9 Å². The van der Waals surface area contributed by atoms with Crippen molar-refractivity contribution in [2.75, 3.05) is 13.2 Å². The maximum Gasteiger partial charge on any atom is 0.511 e. The van der Waals surface area contributed by atoms with E-state index in [1.807, 2.05) is 0 Å². The molecule has 0 aromatic rings. The number of ether oxygens (including phenoxy) is 3. The fraction of sp³-hybridized carbons (Fsp3) is 0.667. The number of halogens is 3. The molecule has 1 saturated heterocycles. The van der Waals surface area contributed by atoms with Gasteiger partial charge in [-0.1, -0.05) is 6.92 Å². The lowest BCUT2D eigenvalue weighted by atomic mass is 10.2. The molecule has 1 aliphatic heterocycles. The van der Waals surface area contributed by atoms with Crippen LogP contribution in [-0.2, 0) is 14.2 Å². The van der Waals surface area contributed by atoms with Gasteiger partial charge in [0, 0.05) is 12.5 Å². The van der Waals surface area contributed by atoms with Crippen molar-refractivity contribution in [2.45, 2.75) is 25.6 Å². The van der Waals surface area contributed by atoms with Gasteiger partial charge in [0.1, 0.15) is 12.4 Å². The maximum absolute atomic E-state index is 12.8. The van der Waals surface area contributed by atoms with Gasteiger partial charge in [-0.05, 0) is 0 Å². The molecular weight excluding hydrogens is 229 g/mol. The predicted molar refractivity (Wildman–Crippen MR) is 46.6 cm³/mol. The molecule has 0 aliphatic carbocycles. The van der Waals surface area contributed by atoms with Gasteiger partial charge in [-0.2, -0.15) is 0 Å². The highest BCUT2D eigenvalue weighted by Gasteiger charge is 2.42. The third kappa shape index (κ3) is 3.41. The summed E-state index contributed by atoms with van der Waals surface area (Å²) in [6.07, 6.45) is -3.44. The highest BCUT2D eigenvalue weighted by molar-refractivity contribution is 5.62. The molecule has 0 bridgehead atoms. The van der Waals surface area contributed by atoms with Gasteiger partial charge in [0.05, 0.1) is 0 Å². The number of hydrogen-bond acceptors (Lipinski definition) is 4. The van der Waals surface area contributed by atoms with Crippen LogP contribution in [0.4, 0.5) is 18.0 Å². The molecule has 0 aromatic heterocycles. The molecule has 16 heavy (non-hydrogen) atoms. The second-order valence-corrected chi connectivity index (χ2v) is 3.14. The SMILES string of the molecule is CCC1(OC/C(F)=C\C(F)F)COC(=O)O1. The summed E-state index contributed by atoms with van der Waals surface area (Å²) in [5.74, 6) is -2.49. The summed E-state index contributed by atoms with van der Waals surface area (Å²) in [6.45, 7) is 0.774. The Morgan fingerprint density at radius 1 is 1.69 bits per heavy atom. The smallest absolute Gasteiger partial charge is 0.427 e. The zero-order valence-electron chi connectivity index (χ0n) is 8.54. The second-order valence-electron chi connectivity index (χ2n) is 3.14. The first-order valence-electron chi connectivity index (χ1n) is 4.61. The van der Waals surface area contributed by atoms with E-state index >= 15 is 0 Å². The minimum Gasteiger partial charge on any atom is -0.427 e. The molecule has 0 aromatic carbocycles. The molecule has 1 unspecified atom stereocenters. The van der Waals surface area contributed by atoms with E-state index in [1.54, 1.807) is 6.92 Å². The third-order valence-electron chi connectivity index (χ3n) is 2.00. The van der Waals surface area contributed by atoms with Crippen molar-refractivity contribution in [3.8, 4) is 0 Å². The average molecular weight is 240 g/mol. The fourth-order valence-electron chi connectivity index (χ4n) is 1.11. The van der Waals surface area contributed by atoms with Gasteiger partial charge in [0.15, 0.2) is 6.61 Å². The zero-order chi connectivity index (χ0) is 12.2. The number of hydrogen-bond donors (Lipinski definition) is 0. The minimum atomic E-state index is -2.89. The minimum absolute atomic E-state index is 0.126. The molecule has 1 heterocycles. The topological polar surface area (TPSA) is 44.8 Å². The van der Waals surface area contributed by atoms with Crippen LogP contribution in [0.2, 0.25) is 0 Å². The maximum atomic E-state index is 12.8. The number of carbonyl (C=O) groups excluding carboxylic acids is 1. The number of carbonyl (C=O) groups is 1. The van der Waals surface area contributed by atoms with Crippen LogP contribution in [0, 0.1) is 0 Å². The van der Waals surface area contributed by atoms with E-state index in [4.69, 9.17) is 4.74 Å². The molecule has 1 atom stereocenters. The van der Waals surface area contributed by atoms with Crippen molar-refractivity contribution >= 4 is 6.16 Å². The summed E-state index contributed by atoms with van der Waals surface area (Å²) < 4.78 is 50.4. The van der Waals surface area contributed by atoms with Crippen molar-refractivity contribution in [1.82, 2.24) is 0 Å². The van der Waals surface area contributed by atoms with Crippen LogP contribution in [-0.4, -0.2) is 31.6 Å². The van der Waals surface area contributed by atoms with Gasteiger partial charge in [-0.15, -0.1) is 0 Å². The van der Waals surface area contributed by atoms with Gasteiger partial charge in [-0.25, -0.2) is 18.0 Å². The Hall–Kier alpha value is -1.24. The summed E-state index contributed by atoms with van der Waals surface area (Å²) in [5, 5.41) is 0. The Balaban J connectivity index is 2.49. The van der Waals surface area contributed by atoms with Gasteiger partial charge in [0.25, 0.3) is 12.2 Å². The molecule has 0 saturated carbocycles. The largest absolute Gasteiger partial charge is 0.511 e. The molecule has 0 N–H and O–H groups in total. The first-order valence-corrected chi connectivity index (χ1v) is 4.61. The zero-order valence-corrected chi connectivity index (χ0v) is 8.54. The van der Waals surface area contributed by atoms with Gasteiger partial charge < -0.3 is 14.2 Å². The molecule has 0 radical (unpaired) electrons. The third-order valence-corrected chi connectivity index (χ3v) is 2.00. The Morgan fingerprint density at radius 2 is 2.38 bits per heavy atom. The van der Waals surface area contributed by atoms with Crippen molar-refractivity contribution < 1.29 is 32.2 Å². The molecule has 7 heteroatoms. The standard InChI is InChI=1S/C9H11F3O4/c1-2-9(5-14-8(13)16-9)15-4-6(10)3-7(11)12/h3,7H,2,4-5H2,1H3/b6-3+. The van der Waals surface area contributed by atoms with Crippen molar-refractivity contribution in [3.63, 3.8) is 0 Å². The molecule has 4 nitrogen and oxygen atoms in total. The summed E-state index contributed by atoms with van der Waals surface area (Å²) in [5.41, 5.74) is 0. The van der Waals surface area contributed by atoms with Crippen LogP contribution in [0.1, 0.15) is 13.3 Å². The normalized spacial score (nSPS) is 25.8. The van der Waals surface area contributed by atoms with Crippen LogP contribution in [0.25, 0.3) is 0 Å². The quantitative estimate of drug-likeness (QED) is 0.692. The Bertz CT molecular complexity index is 292. The molecule has 1 aliphatic rings. The number of rotatable bonds is 5. The molecule has 1 fully saturated rings. The second kappa shape index (κ2) is 5.20. The number of allylic oxidation sites excluding steroid dienone is 1. The Labute approximate surface area is 90.0 Å². The van der Waals surface area contributed by atoms with E-state index in [0.29, 0.717) is 0 Å². The first kappa shape index (κ1) is 12.8. The molecule has 0 spiro atoms. The number of alkyl halides is 2. The van der Waals surface area contributed by atoms with E-state index in [1.165, 1.54) is 0 Å². The lowest BCUT2D eigenvalue weighted by Crippen LogP contribution is -2.35. The monoisotopic (exact) mass is 240 g/mol. The summed E-state index contributed by atoms with van der Waals surface area (Å²) in [7, 11) is 0. The Kier molecular flexibility index (Phi) is 4.17. The molecule has 92 valence electrons. The predicted octanol–water partition coefficient (Wildman–Crippen LogP) is 2.39. The van der Waals surface area contributed by atoms with Gasteiger partial charge in [0.2, 0.25) is 0 Å². The van der Waals surface area contributed by atoms with Gasteiger partial charge in [-0.3, -0.25) is 0 Å². The molecule has 0 amide bonds. The highest BCUT2D eigenvalue weighted by Crippen LogP contribution is 2.26. The fourth-order valence-corrected chi connectivity index (χ4v) is 1.11. The van der Waals surface area contributed by atoms with Crippen LogP contribution in [0.3, 0.4) is 0 Å². The summed E-state index contributed by atoms with van der Waals surface area (Å²) in [6, 6.07) is 0. The summed E-state index contributed by atoms with van der Waals surface area (Å²) >= 11 is 0. The Morgan fingerprint density at radius 3 is 2.81 bits per heavy atom. The van der Waals surface area contributed by atoms with Crippen molar-refractivity contribution in [3.05, 3.63) is 11.9 Å². The molecule has 1 rings (SSSR count). The van der Waals surface area contributed by atoms with E-state index in [2.05, 4.69) is 9.47 Å². The van der Waals surface area contributed by atoms with E-state index in [-0.39, 0.29) is 19.1 Å². The van der Waals surface area contributed by atoms with E-state index < -0.39 is 30.8 Å². The number of cyclic esters (lactones) is 2. The van der Waals surface area contributed by atoms with Crippen molar-refractivity contribution in [2.24, 2.45) is 0 Å². The average Bonchev–Trinajstić information content (AvgIpc) is 2.57. The molecular formula is C9H11F3O4. The van der Waals surface area contributed by atoms with E-state index in [0.717, 1.165) is 0 Å². The lowest BCUT2D eigenvalue weighted by Gasteiger charge is -2.22. The first-order chi connectivity index (χ1) is 7.47. The van der Waals surface area contributed by atoms with Crippen molar-refractivity contribution in [1.29, 1.82) is 0 Å². The lowest BCUT2D eigenvalue weighted by molar-refractivity contribution is -0.177. The summed E-state index contributed by atoms with van der Waals surface area (Å²) in [4.78, 5) is 10.7. The highest BCUT2D eigenvalue weighted by atomic mass is 19.3. The van der Waals surface area contributed by atoms with Crippen LogP contribution >= 0.6 is 0 Å². The van der Waals surface area contributed by atoms with Crippen LogP contribution in [0.5, 0.6) is 0 Å².